The average molecular weight is 265 g/mol. The minimum atomic E-state index is -0.000617. The molecule has 0 saturated heterocycles. The highest BCUT2D eigenvalue weighted by molar-refractivity contribution is 5.79. The second-order valence-electron chi connectivity index (χ2n) is 7.96. The first-order valence-electron chi connectivity index (χ1n) is 7.59. The molecular formula is C17H31NO. The van der Waals surface area contributed by atoms with Crippen molar-refractivity contribution in [2.24, 2.45) is 16.7 Å². The molecule has 0 aromatic heterocycles. The molecule has 2 heteroatoms. The fourth-order valence-electron chi connectivity index (χ4n) is 2.92. The van der Waals surface area contributed by atoms with E-state index in [-0.39, 0.29) is 16.7 Å². The summed E-state index contributed by atoms with van der Waals surface area (Å²) in [5, 5.41) is 3.20. The van der Waals surface area contributed by atoms with Crippen molar-refractivity contribution in [3.8, 4) is 0 Å². The van der Waals surface area contributed by atoms with Gasteiger partial charge >= 0.3 is 0 Å². The molecule has 0 spiro atoms. The third-order valence-corrected chi connectivity index (χ3v) is 3.89. The average Bonchev–Trinajstić information content (AvgIpc) is 2.36. The number of hydrogen-bond acceptors (Lipinski definition) is 1. The maximum atomic E-state index is 12.2. The Kier molecular flexibility index (Phi) is 4.86. The monoisotopic (exact) mass is 265 g/mol. The van der Waals surface area contributed by atoms with Gasteiger partial charge in [0.05, 0.1) is 0 Å². The summed E-state index contributed by atoms with van der Waals surface area (Å²) in [6, 6.07) is 0. The summed E-state index contributed by atoms with van der Waals surface area (Å²) in [5.41, 5.74) is 2.71. The molecule has 1 atom stereocenters. The number of carbonyl (C=O) groups excluding carboxylic acids is 1. The zero-order valence-corrected chi connectivity index (χ0v) is 13.8. The van der Waals surface area contributed by atoms with Gasteiger partial charge in [0.1, 0.15) is 0 Å². The van der Waals surface area contributed by atoms with Crippen molar-refractivity contribution >= 4 is 5.91 Å². The lowest BCUT2D eigenvalue weighted by molar-refractivity contribution is -0.121. The van der Waals surface area contributed by atoms with Crippen molar-refractivity contribution < 1.29 is 4.79 Å². The molecule has 1 rings (SSSR count). The molecule has 110 valence electrons. The van der Waals surface area contributed by atoms with Gasteiger partial charge in [-0.1, -0.05) is 54.9 Å². The van der Waals surface area contributed by atoms with Gasteiger partial charge in [-0.2, -0.15) is 0 Å². The van der Waals surface area contributed by atoms with Gasteiger partial charge in [-0.3, -0.25) is 4.79 Å². The predicted molar refractivity (Wildman–Crippen MR) is 81.7 cm³/mol. The number of hydrogen-bond donors (Lipinski definition) is 1. The van der Waals surface area contributed by atoms with Crippen LogP contribution < -0.4 is 5.32 Å². The van der Waals surface area contributed by atoms with Crippen LogP contribution in [0.25, 0.3) is 0 Å². The van der Waals surface area contributed by atoms with E-state index in [1.807, 2.05) is 0 Å². The predicted octanol–water partition coefficient (Wildman–Crippen LogP) is 4.66. The van der Waals surface area contributed by atoms with Crippen molar-refractivity contribution in [2.75, 3.05) is 0 Å². The molecule has 0 aliphatic carbocycles. The Balaban J connectivity index is 3.24. The Morgan fingerprint density at radius 2 is 1.63 bits per heavy atom. The summed E-state index contributed by atoms with van der Waals surface area (Å²) in [6.07, 6.45) is 4.03. The van der Waals surface area contributed by atoms with E-state index in [2.05, 4.69) is 53.8 Å². The van der Waals surface area contributed by atoms with Crippen LogP contribution in [0, 0.1) is 16.7 Å². The highest BCUT2D eigenvalue weighted by atomic mass is 16.1. The number of allylic oxidation sites excluding steroid dienone is 2. The molecule has 0 fully saturated rings. The smallest absolute Gasteiger partial charge is 0.224 e. The molecule has 1 heterocycles. The maximum absolute atomic E-state index is 12.2. The molecule has 1 aliphatic heterocycles. The first kappa shape index (κ1) is 16.3. The van der Waals surface area contributed by atoms with Gasteiger partial charge in [0, 0.05) is 17.5 Å². The van der Waals surface area contributed by atoms with E-state index in [9.17, 15) is 4.79 Å². The second-order valence-corrected chi connectivity index (χ2v) is 7.96. The molecule has 0 aromatic carbocycles. The molecule has 1 aliphatic rings. The summed E-state index contributed by atoms with van der Waals surface area (Å²) in [6.45, 7) is 15.5. The van der Waals surface area contributed by atoms with Crippen LogP contribution >= 0.6 is 0 Å². The molecule has 1 N–H and O–H groups in total. The molecule has 0 aromatic rings. The maximum Gasteiger partial charge on any atom is 0.224 e. The number of carbonyl (C=O) groups is 1. The van der Waals surface area contributed by atoms with E-state index >= 15 is 0 Å². The first-order valence-corrected chi connectivity index (χ1v) is 7.59. The molecule has 0 bridgehead atoms. The molecular weight excluding hydrogens is 234 g/mol. The van der Waals surface area contributed by atoms with E-state index in [1.54, 1.807) is 0 Å². The largest absolute Gasteiger partial charge is 0.329 e. The number of amides is 1. The minimum absolute atomic E-state index is 0.000617. The zero-order chi connectivity index (χ0) is 14.8. The van der Waals surface area contributed by atoms with Gasteiger partial charge in [0.2, 0.25) is 5.91 Å². The van der Waals surface area contributed by atoms with Gasteiger partial charge in [0.15, 0.2) is 0 Å². The summed E-state index contributed by atoms with van der Waals surface area (Å²) >= 11 is 0. The Hall–Kier alpha value is -0.790. The Bertz CT molecular complexity index is 366. The second kappa shape index (κ2) is 5.68. The van der Waals surface area contributed by atoms with Crippen molar-refractivity contribution in [1.82, 2.24) is 5.32 Å². The first-order chi connectivity index (χ1) is 8.55. The molecule has 1 amide bonds. The van der Waals surface area contributed by atoms with Crippen LogP contribution in [-0.4, -0.2) is 5.91 Å². The standard InChI is InChI=1S/C17H31NO/c1-8-9-12-10-13(16(2,3)4)15(17(5,6)7)18-14(19)11-12/h12H,8-11H2,1-7H3,(H,18,19). The topological polar surface area (TPSA) is 29.1 Å². The van der Waals surface area contributed by atoms with Gasteiger partial charge < -0.3 is 5.32 Å². The lowest BCUT2D eigenvalue weighted by Crippen LogP contribution is -2.32. The van der Waals surface area contributed by atoms with Crippen molar-refractivity contribution in [2.45, 2.75) is 74.1 Å². The quantitative estimate of drug-likeness (QED) is 0.773. The summed E-state index contributed by atoms with van der Waals surface area (Å²) < 4.78 is 0. The molecule has 2 nitrogen and oxygen atoms in total. The van der Waals surface area contributed by atoms with Crippen LogP contribution in [0.2, 0.25) is 0 Å². The third kappa shape index (κ3) is 4.36. The summed E-state index contributed by atoms with van der Waals surface area (Å²) in [4.78, 5) is 12.2. The zero-order valence-electron chi connectivity index (χ0n) is 13.8. The van der Waals surface area contributed by atoms with Crippen molar-refractivity contribution in [3.05, 3.63) is 11.3 Å². The normalized spacial score (nSPS) is 22.3. The van der Waals surface area contributed by atoms with Crippen molar-refractivity contribution in [1.29, 1.82) is 0 Å². The van der Waals surface area contributed by atoms with Gasteiger partial charge in [-0.15, -0.1) is 0 Å². The van der Waals surface area contributed by atoms with Crippen LogP contribution in [0.5, 0.6) is 0 Å². The van der Waals surface area contributed by atoms with E-state index in [0.717, 1.165) is 25.0 Å². The van der Waals surface area contributed by atoms with E-state index < -0.39 is 0 Å². The molecule has 0 saturated carbocycles. The van der Waals surface area contributed by atoms with Crippen LogP contribution in [0.15, 0.2) is 11.3 Å². The molecule has 19 heavy (non-hydrogen) atoms. The van der Waals surface area contributed by atoms with E-state index in [1.165, 1.54) is 5.57 Å². The van der Waals surface area contributed by atoms with Crippen molar-refractivity contribution in [3.63, 3.8) is 0 Å². The van der Waals surface area contributed by atoms with E-state index in [4.69, 9.17) is 0 Å². The number of rotatable bonds is 2. The highest BCUT2D eigenvalue weighted by Gasteiger charge is 2.33. The minimum Gasteiger partial charge on any atom is -0.329 e. The summed E-state index contributed by atoms with van der Waals surface area (Å²) in [5.74, 6) is 0.696. The van der Waals surface area contributed by atoms with Gasteiger partial charge in [-0.25, -0.2) is 0 Å². The van der Waals surface area contributed by atoms with Crippen LogP contribution in [-0.2, 0) is 4.79 Å². The Morgan fingerprint density at radius 1 is 1.05 bits per heavy atom. The molecule has 0 radical (unpaired) electrons. The Morgan fingerprint density at radius 3 is 2.05 bits per heavy atom. The van der Waals surface area contributed by atoms with Gasteiger partial charge in [-0.05, 0) is 29.7 Å². The van der Waals surface area contributed by atoms with Crippen LogP contribution in [0.1, 0.15) is 74.1 Å². The summed E-state index contributed by atoms with van der Waals surface area (Å²) in [7, 11) is 0. The SMILES string of the molecule is CCCC1CC(=O)NC(C(C)(C)C)=C(C(C)(C)C)C1. The fraction of sp³-hybridized carbons (Fsp3) is 0.824. The van der Waals surface area contributed by atoms with Crippen LogP contribution in [0.3, 0.4) is 0 Å². The van der Waals surface area contributed by atoms with Crippen LogP contribution in [0.4, 0.5) is 0 Å². The molecule has 1 unspecified atom stereocenters. The number of nitrogens with one attached hydrogen (secondary N) is 1. The van der Waals surface area contributed by atoms with Gasteiger partial charge in [0.25, 0.3) is 0 Å². The fourth-order valence-corrected chi connectivity index (χ4v) is 2.92. The lowest BCUT2D eigenvalue weighted by Gasteiger charge is -2.33. The van der Waals surface area contributed by atoms with E-state index in [0.29, 0.717) is 12.3 Å². The highest BCUT2D eigenvalue weighted by Crippen LogP contribution is 2.41. The third-order valence-electron chi connectivity index (χ3n) is 3.89. The Labute approximate surface area is 119 Å². The lowest BCUT2D eigenvalue weighted by atomic mass is 9.75.